The van der Waals surface area contributed by atoms with Gasteiger partial charge in [0.1, 0.15) is 0 Å². The summed E-state index contributed by atoms with van der Waals surface area (Å²) in [5.41, 5.74) is 0. The second kappa shape index (κ2) is 7.46. The van der Waals surface area contributed by atoms with Gasteiger partial charge in [0.15, 0.2) is 0 Å². The lowest BCUT2D eigenvalue weighted by Crippen LogP contribution is -2.42. The summed E-state index contributed by atoms with van der Waals surface area (Å²) in [7, 11) is 0. The Labute approximate surface area is 112 Å². The third kappa shape index (κ3) is 4.22. The van der Waals surface area contributed by atoms with Crippen LogP contribution in [0.5, 0.6) is 0 Å². The topological polar surface area (TPSA) is 24.5 Å². The summed E-state index contributed by atoms with van der Waals surface area (Å²) < 4.78 is 5.67. The highest BCUT2D eigenvalue weighted by molar-refractivity contribution is 4.84. The van der Waals surface area contributed by atoms with E-state index >= 15 is 0 Å². The highest BCUT2D eigenvalue weighted by atomic mass is 16.5. The van der Waals surface area contributed by atoms with Gasteiger partial charge < -0.3 is 15.0 Å². The summed E-state index contributed by atoms with van der Waals surface area (Å²) in [5, 5.41) is 3.64. The molecule has 0 saturated carbocycles. The molecule has 0 amide bonds. The standard InChI is InChI=1S/C15H30N2O/c1-3-7-16-15-12-18-11-14(15)10-17-8-4-5-13(2)6-9-17/h13-16H,3-12H2,1-2H3. The quantitative estimate of drug-likeness (QED) is 0.813. The number of nitrogens with zero attached hydrogens (tertiary/aromatic N) is 1. The van der Waals surface area contributed by atoms with Crippen LogP contribution in [0.2, 0.25) is 0 Å². The first-order valence-corrected chi connectivity index (χ1v) is 7.83. The van der Waals surface area contributed by atoms with Crippen molar-refractivity contribution in [2.75, 3.05) is 39.4 Å². The van der Waals surface area contributed by atoms with Crippen molar-refractivity contribution in [3.05, 3.63) is 0 Å². The molecule has 0 aliphatic carbocycles. The van der Waals surface area contributed by atoms with E-state index in [1.165, 1.54) is 45.3 Å². The minimum atomic E-state index is 0.589. The Morgan fingerprint density at radius 2 is 2.11 bits per heavy atom. The monoisotopic (exact) mass is 254 g/mol. The molecule has 2 aliphatic rings. The molecule has 0 aromatic carbocycles. The van der Waals surface area contributed by atoms with Crippen molar-refractivity contribution in [3.8, 4) is 0 Å². The van der Waals surface area contributed by atoms with Gasteiger partial charge in [-0.1, -0.05) is 13.8 Å². The Kier molecular flexibility index (Phi) is 5.93. The molecule has 0 spiro atoms. The fraction of sp³-hybridized carbons (Fsp3) is 1.00. The van der Waals surface area contributed by atoms with Gasteiger partial charge in [-0.2, -0.15) is 0 Å². The zero-order valence-corrected chi connectivity index (χ0v) is 12.2. The van der Waals surface area contributed by atoms with Gasteiger partial charge in [-0.15, -0.1) is 0 Å². The van der Waals surface area contributed by atoms with E-state index in [1.54, 1.807) is 0 Å². The SMILES string of the molecule is CCCNC1COCC1CN1CCCC(C)CC1. The van der Waals surface area contributed by atoms with E-state index in [-0.39, 0.29) is 0 Å². The molecule has 0 aromatic heterocycles. The number of likely N-dealkylation sites (tertiary alicyclic amines) is 1. The lowest BCUT2D eigenvalue weighted by atomic mass is 10.0. The predicted molar refractivity (Wildman–Crippen MR) is 75.8 cm³/mol. The van der Waals surface area contributed by atoms with Gasteiger partial charge in [-0.3, -0.25) is 0 Å². The van der Waals surface area contributed by atoms with Crippen LogP contribution in [-0.2, 0) is 4.74 Å². The van der Waals surface area contributed by atoms with E-state index in [9.17, 15) is 0 Å². The van der Waals surface area contributed by atoms with Crippen LogP contribution in [0.3, 0.4) is 0 Å². The van der Waals surface area contributed by atoms with Crippen LogP contribution in [-0.4, -0.2) is 50.3 Å². The van der Waals surface area contributed by atoms with Crippen molar-refractivity contribution in [1.82, 2.24) is 10.2 Å². The Morgan fingerprint density at radius 1 is 1.22 bits per heavy atom. The molecule has 0 bridgehead atoms. The number of ether oxygens (including phenoxy) is 1. The maximum absolute atomic E-state index is 5.67. The molecular formula is C15H30N2O. The molecule has 106 valence electrons. The third-order valence-corrected chi connectivity index (χ3v) is 4.46. The van der Waals surface area contributed by atoms with E-state index in [2.05, 4.69) is 24.1 Å². The number of rotatable bonds is 5. The summed E-state index contributed by atoms with van der Waals surface area (Å²) in [6.45, 7) is 11.4. The third-order valence-electron chi connectivity index (χ3n) is 4.46. The van der Waals surface area contributed by atoms with Crippen molar-refractivity contribution < 1.29 is 4.74 Å². The molecule has 2 fully saturated rings. The summed E-state index contributed by atoms with van der Waals surface area (Å²) in [6, 6.07) is 0.589. The zero-order chi connectivity index (χ0) is 12.8. The lowest BCUT2D eigenvalue weighted by molar-refractivity contribution is 0.168. The predicted octanol–water partition coefficient (Wildman–Crippen LogP) is 2.12. The highest BCUT2D eigenvalue weighted by Gasteiger charge is 2.29. The van der Waals surface area contributed by atoms with Crippen LogP contribution >= 0.6 is 0 Å². The van der Waals surface area contributed by atoms with Crippen molar-refractivity contribution in [2.45, 2.75) is 45.6 Å². The molecule has 1 N–H and O–H groups in total. The van der Waals surface area contributed by atoms with Gasteiger partial charge in [0.25, 0.3) is 0 Å². The van der Waals surface area contributed by atoms with E-state index in [1.807, 2.05) is 0 Å². The molecule has 18 heavy (non-hydrogen) atoms. The Balaban J connectivity index is 1.76. The molecule has 2 rings (SSSR count). The fourth-order valence-electron chi connectivity index (χ4n) is 3.17. The van der Waals surface area contributed by atoms with Gasteiger partial charge in [0, 0.05) is 18.5 Å². The van der Waals surface area contributed by atoms with Crippen molar-refractivity contribution in [2.24, 2.45) is 11.8 Å². The van der Waals surface area contributed by atoms with Crippen LogP contribution in [0.25, 0.3) is 0 Å². The lowest BCUT2D eigenvalue weighted by Gasteiger charge is -2.26. The normalized spacial score (nSPS) is 34.7. The summed E-state index contributed by atoms with van der Waals surface area (Å²) >= 11 is 0. The smallest absolute Gasteiger partial charge is 0.0623 e. The molecule has 0 radical (unpaired) electrons. The first kappa shape index (κ1) is 14.3. The number of hydrogen-bond acceptors (Lipinski definition) is 3. The van der Waals surface area contributed by atoms with Crippen molar-refractivity contribution in [3.63, 3.8) is 0 Å². The minimum Gasteiger partial charge on any atom is -0.379 e. The maximum Gasteiger partial charge on any atom is 0.0623 e. The molecule has 3 nitrogen and oxygen atoms in total. The molecule has 2 aliphatic heterocycles. The summed E-state index contributed by atoms with van der Waals surface area (Å²) in [6.07, 6.45) is 5.38. The Morgan fingerprint density at radius 3 is 2.94 bits per heavy atom. The number of hydrogen-bond donors (Lipinski definition) is 1. The second-order valence-corrected chi connectivity index (χ2v) is 6.19. The Bertz CT molecular complexity index is 235. The molecule has 2 saturated heterocycles. The number of nitrogens with one attached hydrogen (secondary N) is 1. The largest absolute Gasteiger partial charge is 0.379 e. The minimum absolute atomic E-state index is 0.589. The van der Waals surface area contributed by atoms with Crippen molar-refractivity contribution >= 4 is 0 Å². The van der Waals surface area contributed by atoms with Crippen LogP contribution < -0.4 is 5.32 Å². The van der Waals surface area contributed by atoms with Crippen LogP contribution in [0, 0.1) is 11.8 Å². The highest BCUT2D eigenvalue weighted by Crippen LogP contribution is 2.20. The van der Waals surface area contributed by atoms with E-state index in [0.29, 0.717) is 12.0 Å². The average Bonchev–Trinajstić information content (AvgIpc) is 2.70. The van der Waals surface area contributed by atoms with E-state index in [4.69, 9.17) is 4.74 Å². The molecule has 3 unspecified atom stereocenters. The average molecular weight is 254 g/mol. The fourth-order valence-corrected chi connectivity index (χ4v) is 3.17. The summed E-state index contributed by atoms with van der Waals surface area (Å²) in [4.78, 5) is 2.67. The van der Waals surface area contributed by atoms with Crippen LogP contribution in [0.1, 0.15) is 39.5 Å². The van der Waals surface area contributed by atoms with Crippen molar-refractivity contribution in [1.29, 1.82) is 0 Å². The molecule has 3 atom stereocenters. The first-order valence-electron chi connectivity index (χ1n) is 7.83. The molecule has 0 aromatic rings. The van der Waals surface area contributed by atoms with Gasteiger partial charge in [0.05, 0.1) is 13.2 Å². The molecule has 2 heterocycles. The van der Waals surface area contributed by atoms with E-state index < -0.39 is 0 Å². The van der Waals surface area contributed by atoms with E-state index in [0.717, 1.165) is 25.7 Å². The zero-order valence-electron chi connectivity index (χ0n) is 12.2. The molecule has 3 heteroatoms. The van der Waals surface area contributed by atoms with Gasteiger partial charge in [0.2, 0.25) is 0 Å². The second-order valence-electron chi connectivity index (χ2n) is 6.19. The van der Waals surface area contributed by atoms with Gasteiger partial charge >= 0.3 is 0 Å². The summed E-state index contributed by atoms with van der Waals surface area (Å²) in [5.74, 6) is 1.62. The molecular weight excluding hydrogens is 224 g/mol. The van der Waals surface area contributed by atoms with Gasteiger partial charge in [-0.05, 0) is 51.2 Å². The first-order chi connectivity index (χ1) is 8.79. The Hall–Kier alpha value is -0.120. The maximum atomic E-state index is 5.67. The van der Waals surface area contributed by atoms with Gasteiger partial charge in [-0.25, -0.2) is 0 Å². The van der Waals surface area contributed by atoms with Crippen LogP contribution in [0.4, 0.5) is 0 Å². The van der Waals surface area contributed by atoms with Crippen LogP contribution in [0.15, 0.2) is 0 Å².